The minimum Gasteiger partial charge on any atom is -0.378 e. The number of rotatable bonds is 3. The molecule has 0 aliphatic carbocycles. The smallest absolute Gasteiger partial charge is 0.247 e. The molecule has 8 nitrogen and oxygen atoms in total. The van der Waals surface area contributed by atoms with Crippen molar-refractivity contribution in [2.75, 3.05) is 26.8 Å². The van der Waals surface area contributed by atoms with Gasteiger partial charge >= 0.3 is 0 Å². The second-order valence-electron chi connectivity index (χ2n) is 4.21. The van der Waals surface area contributed by atoms with Crippen molar-refractivity contribution in [1.29, 1.82) is 0 Å². The Morgan fingerprint density at radius 2 is 2.25 bits per heavy atom. The van der Waals surface area contributed by atoms with Gasteiger partial charge in [0.15, 0.2) is 0 Å². The Labute approximate surface area is 115 Å². The van der Waals surface area contributed by atoms with Gasteiger partial charge in [0.05, 0.1) is 18.1 Å². The number of nitrogens with one attached hydrogen (secondary N) is 2. The molecule has 20 heavy (non-hydrogen) atoms. The highest BCUT2D eigenvalue weighted by Gasteiger charge is 2.37. The van der Waals surface area contributed by atoms with Crippen molar-refractivity contribution in [3.05, 3.63) is 28.7 Å². The normalized spacial score (nSPS) is 20.6. The zero-order valence-corrected chi connectivity index (χ0v) is 11.6. The number of carbonyl (C=O) groups excluding carboxylic acids is 1. The lowest BCUT2D eigenvalue weighted by Crippen LogP contribution is -2.55. The molecular weight excluding hydrogens is 286 g/mol. The van der Waals surface area contributed by atoms with Gasteiger partial charge in [0.25, 0.3) is 0 Å². The van der Waals surface area contributed by atoms with Gasteiger partial charge in [-0.2, -0.15) is 4.31 Å². The zero-order chi connectivity index (χ0) is 14.8. The lowest BCUT2D eigenvalue weighted by Gasteiger charge is -2.33. The maximum absolute atomic E-state index is 12.5. The third kappa shape index (κ3) is 2.74. The van der Waals surface area contributed by atoms with Crippen LogP contribution in [0.15, 0.2) is 28.0 Å². The molecule has 1 aromatic rings. The lowest BCUT2D eigenvalue weighted by atomic mass is 10.2. The Morgan fingerprint density at radius 1 is 1.50 bits per heavy atom. The molecule has 2 heterocycles. The van der Waals surface area contributed by atoms with E-state index in [-0.39, 0.29) is 24.7 Å². The van der Waals surface area contributed by atoms with Crippen molar-refractivity contribution in [3.63, 3.8) is 0 Å². The van der Waals surface area contributed by atoms with E-state index < -0.39 is 27.5 Å². The molecule has 1 aliphatic heterocycles. The Balaban J connectivity index is 2.37. The second-order valence-corrected chi connectivity index (χ2v) is 6.10. The van der Waals surface area contributed by atoms with Gasteiger partial charge in [0.1, 0.15) is 6.04 Å². The summed E-state index contributed by atoms with van der Waals surface area (Å²) >= 11 is 0. The molecule has 2 rings (SSSR count). The van der Waals surface area contributed by atoms with Gasteiger partial charge in [0, 0.05) is 25.9 Å². The Bertz CT molecular complexity index is 634. The van der Waals surface area contributed by atoms with Gasteiger partial charge in [-0.3, -0.25) is 9.59 Å². The molecule has 1 saturated heterocycles. The SMILES string of the molecule is CNC(=O)C1COCCN1S(=O)(=O)c1ccc(=O)[nH]c1. The molecule has 110 valence electrons. The van der Waals surface area contributed by atoms with E-state index in [4.69, 9.17) is 4.74 Å². The van der Waals surface area contributed by atoms with Gasteiger partial charge in [-0.05, 0) is 6.07 Å². The monoisotopic (exact) mass is 301 g/mol. The Kier molecular flexibility index (Phi) is 4.21. The maximum atomic E-state index is 12.5. The number of sulfonamides is 1. The summed E-state index contributed by atoms with van der Waals surface area (Å²) in [5.74, 6) is -0.433. The first-order chi connectivity index (χ1) is 9.46. The summed E-state index contributed by atoms with van der Waals surface area (Å²) < 4.78 is 31.2. The molecule has 0 aromatic carbocycles. The molecule has 1 amide bonds. The van der Waals surface area contributed by atoms with E-state index in [2.05, 4.69) is 10.3 Å². The summed E-state index contributed by atoms with van der Waals surface area (Å²) in [6.07, 6.45) is 1.12. The first kappa shape index (κ1) is 14.7. The maximum Gasteiger partial charge on any atom is 0.247 e. The van der Waals surface area contributed by atoms with E-state index in [1.165, 1.54) is 13.1 Å². The van der Waals surface area contributed by atoms with Crippen LogP contribution in [0.25, 0.3) is 0 Å². The number of hydrogen-bond donors (Lipinski definition) is 2. The summed E-state index contributed by atoms with van der Waals surface area (Å²) in [5.41, 5.74) is -0.395. The molecule has 1 atom stereocenters. The van der Waals surface area contributed by atoms with Gasteiger partial charge in [-0.1, -0.05) is 0 Å². The third-order valence-corrected chi connectivity index (χ3v) is 4.89. The van der Waals surface area contributed by atoms with Crippen molar-refractivity contribution in [2.24, 2.45) is 0 Å². The number of ether oxygens (including phenoxy) is 1. The van der Waals surface area contributed by atoms with Crippen molar-refractivity contribution in [1.82, 2.24) is 14.6 Å². The molecule has 0 saturated carbocycles. The standard InChI is InChI=1S/C11H15N3O5S/c1-12-11(16)9-7-19-5-4-14(9)20(17,18)8-2-3-10(15)13-6-8/h2-3,6,9H,4-5,7H2,1H3,(H,12,16)(H,13,15). The molecule has 0 radical (unpaired) electrons. The third-order valence-electron chi connectivity index (χ3n) is 2.99. The molecular formula is C11H15N3O5S. The van der Waals surface area contributed by atoms with Crippen LogP contribution in [0.3, 0.4) is 0 Å². The van der Waals surface area contributed by atoms with Gasteiger partial charge in [-0.15, -0.1) is 0 Å². The molecule has 0 spiro atoms. The summed E-state index contributed by atoms with van der Waals surface area (Å²) in [6, 6.07) is 1.43. The average molecular weight is 301 g/mol. The highest BCUT2D eigenvalue weighted by atomic mass is 32.2. The molecule has 9 heteroatoms. The number of likely N-dealkylation sites (N-methyl/N-ethyl adjacent to an activating group) is 1. The van der Waals surface area contributed by atoms with Crippen molar-refractivity contribution in [2.45, 2.75) is 10.9 Å². The molecule has 1 unspecified atom stereocenters. The number of nitrogens with zero attached hydrogens (tertiary/aromatic N) is 1. The quantitative estimate of drug-likeness (QED) is 0.707. The lowest BCUT2D eigenvalue weighted by molar-refractivity contribution is -0.128. The predicted octanol–water partition coefficient (Wildman–Crippen LogP) is -1.49. The zero-order valence-electron chi connectivity index (χ0n) is 10.8. The molecule has 1 aliphatic rings. The Morgan fingerprint density at radius 3 is 2.85 bits per heavy atom. The van der Waals surface area contributed by atoms with E-state index in [9.17, 15) is 18.0 Å². The van der Waals surface area contributed by atoms with Crippen molar-refractivity contribution >= 4 is 15.9 Å². The van der Waals surface area contributed by atoms with E-state index in [0.29, 0.717) is 0 Å². The number of morpholine rings is 1. The number of amides is 1. The first-order valence-electron chi connectivity index (χ1n) is 5.97. The number of carbonyl (C=O) groups is 1. The number of aromatic nitrogens is 1. The average Bonchev–Trinajstić information content (AvgIpc) is 2.47. The van der Waals surface area contributed by atoms with Gasteiger partial charge < -0.3 is 15.0 Å². The van der Waals surface area contributed by atoms with E-state index in [1.54, 1.807) is 0 Å². The van der Waals surface area contributed by atoms with Crippen LogP contribution in [0, 0.1) is 0 Å². The summed E-state index contributed by atoms with van der Waals surface area (Å²) in [7, 11) is -2.43. The molecule has 0 bridgehead atoms. The van der Waals surface area contributed by atoms with Gasteiger partial charge in [-0.25, -0.2) is 8.42 Å². The van der Waals surface area contributed by atoms with Crippen LogP contribution >= 0.6 is 0 Å². The van der Waals surface area contributed by atoms with Crippen LogP contribution in [0.1, 0.15) is 0 Å². The van der Waals surface area contributed by atoms with Crippen LogP contribution in [0.4, 0.5) is 0 Å². The van der Waals surface area contributed by atoms with Crippen molar-refractivity contribution in [3.8, 4) is 0 Å². The Hall–Kier alpha value is -1.71. The fourth-order valence-electron chi connectivity index (χ4n) is 1.94. The summed E-state index contributed by atoms with van der Waals surface area (Å²) in [6.45, 7) is 0.303. The number of H-pyrrole nitrogens is 1. The van der Waals surface area contributed by atoms with Crippen LogP contribution in [-0.2, 0) is 19.6 Å². The highest BCUT2D eigenvalue weighted by Crippen LogP contribution is 2.19. The minimum absolute atomic E-state index is 0.00224. The van der Waals surface area contributed by atoms with E-state index in [1.807, 2.05) is 0 Å². The molecule has 2 N–H and O–H groups in total. The number of pyridine rings is 1. The molecule has 1 fully saturated rings. The fourth-order valence-corrected chi connectivity index (χ4v) is 3.47. The van der Waals surface area contributed by atoms with Crippen LogP contribution in [0.2, 0.25) is 0 Å². The highest BCUT2D eigenvalue weighted by molar-refractivity contribution is 7.89. The minimum atomic E-state index is -3.86. The number of aromatic amines is 1. The van der Waals surface area contributed by atoms with Gasteiger partial charge in [0.2, 0.25) is 21.5 Å². The van der Waals surface area contributed by atoms with E-state index in [0.717, 1.165) is 16.6 Å². The van der Waals surface area contributed by atoms with E-state index >= 15 is 0 Å². The largest absolute Gasteiger partial charge is 0.378 e. The summed E-state index contributed by atoms with van der Waals surface area (Å²) in [5, 5.41) is 2.41. The topological polar surface area (TPSA) is 109 Å². The second kappa shape index (κ2) is 5.73. The first-order valence-corrected chi connectivity index (χ1v) is 7.41. The molecule has 1 aromatic heterocycles. The fraction of sp³-hybridized carbons (Fsp3) is 0.455. The van der Waals surface area contributed by atoms with Crippen molar-refractivity contribution < 1.29 is 17.9 Å². The van der Waals surface area contributed by atoms with Crippen LogP contribution in [0.5, 0.6) is 0 Å². The van der Waals surface area contributed by atoms with Crippen LogP contribution in [-0.4, -0.2) is 56.5 Å². The predicted molar refractivity (Wildman–Crippen MR) is 69.6 cm³/mol. The van der Waals surface area contributed by atoms with Crippen LogP contribution < -0.4 is 10.9 Å². The number of hydrogen-bond acceptors (Lipinski definition) is 5. The summed E-state index contributed by atoms with van der Waals surface area (Å²) in [4.78, 5) is 25.0.